The Hall–Kier alpha value is -1.18. The maximum atomic E-state index is 5.38. The van der Waals surface area contributed by atoms with E-state index in [4.69, 9.17) is 9.47 Å². The van der Waals surface area contributed by atoms with Gasteiger partial charge in [-0.05, 0) is 42.4 Å². The van der Waals surface area contributed by atoms with Crippen LogP contribution in [0.2, 0.25) is 0 Å². The van der Waals surface area contributed by atoms with Crippen LogP contribution in [0.3, 0.4) is 0 Å². The third-order valence-corrected chi connectivity index (χ3v) is 3.08. The molecular weight excluding hydrogens is 212 g/mol. The smallest absolute Gasteiger partial charge is 0.231 e. The Balaban J connectivity index is 1.80. The van der Waals surface area contributed by atoms with Crippen LogP contribution in [0.25, 0.3) is 0 Å². The second-order valence-corrected chi connectivity index (χ2v) is 5.96. The Bertz CT molecular complexity index is 377. The summed E-state index contributed by atoms with van der Waals surface area (Å²) in [6, 6.07) is 6.27. The van der Waals surface area contributed by atoms with Crippen LogP contribution < -0.4 is 9.47 Å². The summed E-state index contributed by atoms with van der Waals surface area (Å²) in [5.41, 5.74) is 1.80. The summed E-state index contributed by atoms with van der Waals surface area (Å²) in [6.07, 6.45) is 4.96. The van der Waals surface area contributed by atoms with Gasteiger partial charge in [0.25, 0.3) is 0 Å². The molecule has 0 fully saturated rings. The zero-order chi connectivity index (χ0) is 12.3. The van der Waals surface area contributed by atoms with E-state index in [1.807, 2.05) is 6.07 Å². The summed E-state index contributed by atoms with van der Waals surface area (Å²) < 4.78 is 10.7. The number of unbranched alkanes of at least 4 members (excludes halogenated alkanes) is 1. The number of hydrogen-bond acceptors (Lipinski definition) is 2. The number of aryl methyl sites for hydroxylation is 1. The van der Waals surface area contributed by atoms with Crippen LogP contribution in [0.1, 0.15) is 45.6 Å². The summed E-state index contributed by atoms with van der Waals surface area (Å²) in [6.45, 7) is 7.26. The van der Waals surface area contributed by atoms with Crippen LogP contribution >= 0.6 is 0 Å². The molecule has 0 spiro atoms. The van der Waals surface area contributed by atoms with Gasteiger partial charge in [0.15, 0.2) is 11.5 Å². The highest BCUT2D eigenvalue weighted by molar-refractivity contribution is 5.44. The topological polar surface area (TPSA) is 18.5 Å². The molecule has 94 valence electrons. The minimum Gasteiger partial charge on any atom is -0.454 e. The van der Waals surface area contributed by atoms with E-state index in [0.29, 0.717) is 12.2 Å². The number of benzene rings is 1. The van der Waals surface area contributed by atoms with E-state index < -0.39 is 0 Å². The molecule has 2 heteroatoms. The lowest BCUT2D eigenvalue weighted by Gasteiger charge is -2.17. The zero-order valence-corrected chi connectivity index (χ0v) is 11.1. The van der Waals surface area contributed by atoms with Gasteiger partial charge in [-0.2, -0.15) is 0 Å². The largest absolute Gasteiger partial charge is 0.454 e. The monoisotopic (exact) mass is 234 g/mol. The lowest BCUT2D eigenvalue weighted by atomic mass is 9.89. The fraction of sp³-hybridized carbons (Fsp3) is 0.600. The average molecular weight is 234 g/mol. The van der Waals surface area contributed by atoms with Crippen LogP contribution in [0.4, 0.5) is 0 Å². The molecule has 0 saturated carbocycles. The highest BCUT2D eigenvalue weighted by Crippen LogP contribution is 2.33. The molecule has 1 heterocycles. The number of hydrogen-bond donors (Lipinski definition) is 0. The van der Waals surface area contributed by atoms with Crippen molar-refractivity contribution >= 4 is 0 Å². The van der Waals surface area contributed by atoms with Gasteiger partial charge in [-0.15, -0.1) is 0 Å². The fourth-order valence-corrected chi connectivity index (χ4v) is 2.08. The van der Waals surface area contributed by atoms with E-state index in [1.54, 1.807) is 0 Å². The normalized spacial score (nSPS) is 14.1. The van der Waals surface area contributed by atoms with E-state index in [2.05, 4.69) is 32.9 Å². The van der Waals surface area contributed by atoms with Crippen LogP contribution in [-0.2, 0) is 6.42 Å². The molecule has 17 heavy (non-hydrogen) atoms. The first-order chi connectivity index (χ1) is 8.04. The summed E-state index contributed by atoms with van der Waals surface area (Å²) in [5.74, 6) is 1.78. The lowest BCUT2D eigenvalue weighted by Crippen LogP contribution is -2.04. The summed E-state index contributed by atoms with van der Waals surface area (Å²) in [7, 11) is 0. The molecule has 0 amide bonds. The Morgan fingerprint density at radius 1 is 1.06 bits per heavy atom. The van der Waals surface area contributed by atoms with Gasteiger partial charge >= 0.3 is 0 Å². The van der Waals surface area contributed by atoms with Crippen LogP contribution in [0, 0.1) is 5.41 Å². The summed E-state index contributed by atoms with van der Waals surface area (Å²) >= 11 is 0. The summed E-state index contributed by atoms with van der Waals surface area (Å²) in [4.78, 5) is 0. The van der Waals surface area contributed by atoms with Crippen molar-refractivity contribution in [3.63, 3.8) is 0 Å². The standard InChI is InChI=1S/C15H22O2/c1-15(2,3)9-5-4-6-12-7-8-13-14(10-12)17-11-16-13/h7-8,10H,4-6,9,11H2,1-3H3. The van der Waals surface area contributed by atoms with E-state index >= 15 is 0 Å². The van der Waals surface area contributed by atoms with Crippen molar-refractivity contribution in [1.29, 1.82) is 0 Å². The molecule has 0 aromatic heterocycles. The quantitative estimate of drug-likeness (QED) is 0.728. The summed E-state index contributed by atoms with van der Waals surface area (Å²) in [5, 5.41) is 0. The maximum absolute atomic E-state index is 5.38. The molecule has 1 aromatic rings. The van der Waals surface area contributed by atoms with E-state index in [0.717, 1.165) is 17.9 Å². The Kier molecular flexibility index (Phi) is 3.60. The van der Waals surface area contributed by atoms with E-state index in [1.165, 1.54) is 24.8 Å². The molecule has 2 nitrogen and oxygen atoms in total. The molecule has 1 aliphatic heterocycles. The van der Waals surface area contributed by atoms with Crippen LogP contribution in [0.15, 0.2) is 18.2 Å². The SMILES string of the molecule is CC(C)(C)CCCCc1ccc2c(c1)OCO2. The highest BCUT2D eigenvalue weighted by atomic mass is 16.7. The van der Waals surface area contributed by atoms with Gasteiger partial charge < -0.3 is 9.47 Å². The molecule has 0 saturated heterocycles. The van der Waals surface area contributed by atoms with Gasteiger partial charge in [-0.3, -0.25) is 0 Å². The van der Waals surface area contributed by atoms with Gasteiger partial charge in [-0.25, -0.2) is 0 Å². The fourth-order valence-electron chi connectivity index (χ4n) is 2.08. The lowest BCUT2D eigenvalue weighted by molar-refractivity contribution is 0.174. The van der Waals surface area contributed by atoms with Gasteiger partial charge in [0.2, 0.25) is 6.79 Å². The van der Waals surface area contributed by atoms with Crippen molar-refractivity contribution in [2.75, 3.05) is 6.79 Å². The zero-order valence-electron chi connectivity index (χ0n) is 11.1. The Labute approximate surface area is 104 Å². The van der Waals surface area contributed by atoms with Crippen LogP contribution in [0.5, 0.6) is 11.5 Å². The molecule has 2 rings (SSSR count). The third kappa shape index (κ3) is 3.65. The average Bonchev–Trinajstić information content (AvgIpc) is 2.70. The van der Waals surface area contributed by atoms with Crippen LogP contribution in [-0.4, -0.2) is 6.79 Å². The molecular formula is C15H22O2. The van der Waals surface area contributed by atoms with Crippen molar-refractivity contribution < 1.29 is 9.47 Å². The van der Waals surface area contributed by atoms with Crippen molar-refractivity contribution in [2.24, 2.45) is 5.41 Å². The Morgan fingerprint density at radius 2 is 1.82 bits per heavy atom. The minimum atomic E-state index is 0.364. The van der Waals surface area contributed by atoms with Gasteiger partial charge in [0.1, 0.15) is 0 Å². The predicted molar refractivity (Wildman–Crippen MR) is 69.6 cm³/mol. The third-order valence-electron chi connectivity index (χ3n) is 3.08. The Morgan fingerprint density at radius 3 is 2.59 bits per heavy atom. The molecule has 0 atom stereocenters. The van der Waals surface area contributed by atoms with Crippen molar-refractivity contribution in [1.82, 2.24) is 0 Å². The van der Waals surface area contributed by atoms with Crippen molar-refractivity contribution in [3.05, 3.63) is 23.8 Å². The van der Waals surface area contributed by atoms with E-state index in [9.17, 15) is 0 Å². The first-order valence-corrected chi connectivity index (χ1v) is 6.43. The number of rotatable bonds is 4. The first-order valence-electron chi connectivity index (χ1n) is 6.43. The predicted octanol–water partition coefficient (Wildman–Crippen LogP) is 4.17. The van der Waals surface area contributed by atoms with Crippen molar-refractivity contribution in [2.45, 2.75) is 46.5 Å². The first kappa shape index (κ1) is 12.3. The molecule has 0 N–H and O–H groups in total. The molecule has 0 aliphatic carbocycles. The molecule has 0 radical (unpaired) electrons. The second-order valence-electron chi connectivity index (χ2n) is 5.96. The molecule has 0 bridgehead atoms. The molecule has 0 unspecified atom stereocenters. The van der Waals surface area contributed by atoms with Crippen molar-refractivity contribution in [3.8, 4) is 11.5 Å². The number of fused-ring (bicyclic) bond motifs is 1. The number of ether oxygens (including phenoxy) is 2. The van der Waals surface area contributed by atoms with Gasteiger partial charge in [0, 0.05) is 0 Å². The van der Waals surface area contributed by atoms with Gasteiger partial charge in [0.05, 0.1) is 0 Å². The molecule has 1 aromatic carbocycles. The van der Waals surface area contributed by atoms with E-state index in [-0.39, 0.29) is 0 Å². The molecule has 1 aliphatic rings. The second kappa shape index (κ2) is 4.99. The minimum absolute atomic E-state index is 0.364. The highest BCUT2D eigenvalue weighted by Gasteiger charge is 2.13. The van der Waals surface area contributed by atoms with Gasteiger partial charge in [-0.1, -0.05) is 33.3 Å². The maximum Gasteiger partial charge on any atom is 0.231 e.